The van der Waals surface area contributed by atoms with Gasteiger partial charge in [-0.1, -0.05) is 36.4 Å². The van der Waals surface area contributed by atoms with Gasteiger partial charge in [0.05, 0.1) is 45.0 Å². The highest BCUT2D eigenvalue weighted by Crippen LogP contribution is 2.36. The first-order valence-corrected chi connectivity index (χ1v) is 14.2. The summed E-state index contributed by atoms with van der Waals surface area (Å²) in [4.78, 5) is 38.6. The second-order valence-electron chi connectivity index (χ2n) is 10.0. The first-order chi connectivity index (χ1) is 20.5. The van der Waals surface area contributed by atoms with Gasteiger partial charge in [0.1, 0.15) is 5.69 Å². The zero-order valence-corrected chi connectivity index (χ0v) is 23.3. The molecule has 0 saturated heterocycles. The molecular formula is C33H24N6O2S. The predicted molar refractivity (Wildman–Crippen MR) is 167 cm³/mol. The minimum absolute atomic E-state index is 0.0438. The topological polar surface area (TPSA) is 116 Å². The minimum atomic E-state index is -0.0968. The maximum Gasteiger partial charge on any atom is 0.228 e. The molecule has 7 aromatic rings. The lowest BCUT2D eigenvalue weighted by Gasteiger charge is -2.08. The molecule has 0 atom stereocenters. The van der Waals surface area contributed by atoms with Crippen LogP contribution in [0, 0.1) is 0 Å². The van der Waals surface area contributed by atoms with E-state index in [9.17, 15) is 9.59 Å². The van der Waals surface area contributed by atoms with Crippen LogP contribution in [0.15, 0.2) is 97.5 Å². The number of rotatable bonds is 7. The van der Waals surface area contributed by atoms with Crippen molar-refractivity contribution in [1.29, 1.82) is 0 Å². The van der Waals surface area contributed by atoms with E-state index in [1.165, 1.54) is 11.3 Å². The number of amides is 1. The lowest BCUT2D eigenvalue weighted by molar-refractivity contribution is -0.115. The summed E-state index contributed by atoms with van der Waals surface area (Å²) in [5, 5.41) is 12.6. The fraction of sp³-hybridized carbons (Fsp3) is 0.0606. The molecule has 0 aliphatic heterocycles. The van der Waals surface area contributed by atoms with Gasteiger partial charge in [0, 0.05) is 34.2 Å². The fourth-order valence-electron chi connectivity index (χ4n) is 5.08. The van der Waals surface area contributed by atoms with Gasteiger partial charge >= 0.3 is 0 Å². The number of aromatic nitrogens is 5. The van der Waals surface area contributed by atoms with Gasteiger partial charge in [0.2, 0.25) is 5.91 Å². The number of benzene rings is 2. The van der Waals surface area contributed by atoms with E-state index in [1.54, 1.807) is 25.5 Å². The number of carbonyl (C=O) groups is 2. The van der Waals surface area contributed by atoms with E-state index in [-0.39, 0.29) is 11.7 Å². The van der Waals surface area contributed by atoms with Gasteiger partial charge in [0.25, 0.3) is 0 Å². The molecule has 3 N–H and O–H groups in total. The molecule has 7 rings (SSSR count). The Morgan fingerprint density at radius 2 is 1.71 bits per heavy atom. The number of ketones is 1. The van der Waals surface area contributed by atoms with Crippen molar-refractivity contribution in [2.45, 2.75) is 13.3 Å². The van der Waals surface area contributed by atoms with Crippen molar-refractivity contribution in [3.8, 4) is 33.1 Å². The second-order valence-corrected chi connectivity index (χ2v) is 11.1. The third-order valence-electron chi connectivity index (χ3n) is 7.12. The molecule has 0 radical (unpaired) electrons. The number of fused-ring (bicyclic) bond motifs is 2. The van der Waals surface area contributed by atoms with Gasteiger partial charge in [-0.15, -0.1) is 11.3 Å². The van der Waals surface area contributed by atoms with Crippen LogP contribution in [0.3, 0.4) is 0 Å². The SMILES string of the molecule is CC(=O)c1ccc(-c2nccc3[nH]c(-c4n[nH]c5ccc(-c6cncc(NC(=O)Cc7ccccc7)c6)cc45)cc23)s1. The Bertz CT molecular complexity index is 2110. The molecule has 0 saturated carbocycles. The van der Waals surface area contributed by atoms with Crippen molar-refractivity contribution in [2.75, 3.05) is 5.32 Å². The molecule has 5 heterocycles. The standard InChI is InChI=1S/C33H24N6O2S/c1-19(40)29-9-10-30(42-29)33-25-16-28(37-26(25)11-12-35-33)32-24-15-21(7-8-27(24)38-39-32)22-14-23(18-34-17-22)36-31(41)13-20-5-3-2-4-6-20/h2-12,14-18,37H,13H2,1H3,(H,36,41)(H,38,39). The number of nitrogens with zero attached hydrogens (tertiary/aromatic N) is 3. The highest BCUT2D eigenvalue weighted by Gasteiger charge is 2.17. The molecule has 0 aliphatic rings. The molecule has 0 bridgehead atoms. The third-order valence-corrected chi connectivity index (χ3v) is 8.31. The first kappa shape index (κ1) is 25.6. The minimum Gasteiger partial charge on any atom is -0.353 e. The number of thiophene rings is 1. The molecule has 2 aromatic carbocycles. The predicted octanol–water partition coefficient (Wildman–Crippen LogP) is 7.28. The number of aromatic amines is 2. The average Bonchev–Trinajstić information content (AvgIpc) is 3.75. The maximum atomic E-state index is 12.6. The van der Waals surface area contributed by atoms with Gasteiger partial charge < -0.3 is 10.3 Å². The van der Waals surface area contributed by atoms with E-state index in [1.807, 2.05) is 66.7 Å². The number of Topliss-reactive ketones (excluding diaryl/α,β-unsaturated/α-hetero) is 1. The highest BCUT2D eigenvalue weighted by molar-refractivity contribution is 7.17. The fourth-order valence-corrected chi connectivity index (χ4v) is 6.00. The van der Waals surface area contributed by atoms with Crippen LogP contribution in [0.2, 0.25) is 0 Å². The summed E-state index contributed by atoms with van der Waals surface area (Å²) >= 11 is 1.44. The summed E-state index contributed by atoms with van der Waals surface area (Å²) in [7, 11) is 0. The molecule has 5 aromatic heterocycles. The van der Waals surface area contributed by atoms with Crippen LogP contribution in [0.4, 0.5) is 5.69 Å². The summed E-state index contributed by atoms with van der Waals surface area (Å²) < 4.78 is 0. The molecule has 9 heteroatoms. The van der Waals surface area contributed by atoms with Crippen LogP contribution in [-0.2, 0) is 11.2 Å². The zero-order chi connectivity index (χ0) is 28.6. The molecule has 42 heavy (non-hydrogen) atoms. The summed E-state index contributed by atoms with van der Waals surface area (Å²) in [5.74, 6) is -0.0530. The maximum absolute atomic E-state index is 12.6. The molecular weight excluding hydrogens is 544 g/mol. The molecule has 0 aliphatic carbocycles. The summed E-state index contributed by atoms with van der Waals surface area (Å²) in [6.07, 6.45) is 5.49. The van der Waals surface area contributed by atoms with Crippen molar-refractivity contribution >= 4 is 50.5 Å². The lowest BCUT2D eigenvalue weighted by Crippen LogP contribution is -2.14. The Morgan fingerprint density at radius 3 is 2.55 bits per heavy atom. The Hall–Kier alpha value is -5.41. The van der Waals surface area contributed by atoms with Crippen LogP contribution in [0.5, 0.6) is 0 Å². The zero-order valence-electron chi connectivity index (χ0n) is 22.5. The molecule has 8 nitrogen and oxygen atoms in total. The Balaban J connectivity index is 1.21. The van der Waals surface area contributed by atoms with E-state index >= 15 is 0 Å². The van der Waals surface area contributed by atoms with Crippen molar-refractivity contribution < 1.29 is 9.59 Å². The van der Waals surface area contributed by atoms with Gasteiger partial charge in [-0.25, -0.2) is 0 Å². The Labute approximate surface area is 244 Å². The van der Waals surface area contributed by atoms with E-state index in [2.05, 4.69) is 42.6 Å². The van der Waals surface area contributed by atoms with Crippen LogP contribution < -0.4 is 5.32 Å². The number of pyridine rings is 2. The normalized spacial score (nSPS) is 11.3. The first-order valence-electron chi connectivity index (χ1n) is 13.4. The smallest absolute Gasteiger partial charge is 0.228 e. The van der Waals surface area contributed by atoms with Crippen LogP contribution in [0.25, 0.3) is 54.9 Å². The molecule has 1 amide bonds. The number of carbonyl (C=O) groups excluding carboxylic acids is 2. The summed E-state index contributed by atoms with van der Waals surface area (Å²) in [6.45, 7) is 1.57. The van der Waals surface area contributed by atoms with E-state index in [0.29, 0.717) is 17.0 Å². The highest BCUT2D eigenvalue weighted by atomic mass is 32.1. The van der Waals surface area contributed by atoms with Gasteiger partial charge in [-0.2, -0.15) is 5.10 Å². The lowest BCUT2D eigenvalue weighted by atomic mass is 10.0. The van der Waals surface area contributed by atoms with Gasteiger partial charge in [-0.05, 0) is 60.5 Å². The quantitative estimate of drug-likeness (QED) is 0.175. The van der Waals surface area contributed by atoms with Crippen molar-refractivity contribution in [2.24, 2.45) is 0 Å². The molecule has 0 unspecified atom stereocenters. The largest absolute Gasteiger partial charge is 0.353 e. The van der Waals surface area contributed by atoms with Crippen molar-refractivity contribution in [3.63, 3.8) is 0 Å². The Morgan fingerprint density at radius 1 is 0.857 bits per heavy atom. The summed E-state index contributed by atoms with van der Waals surface area (Å²) in [5.41, 5.74) is 7.71. The summed E-state index contributed by atoms with van der Waals surface area (Å²) in [6, 6.07) is 25.4. The van der Waals surface area contributed by atoms with Crippen LogP contribution >= 0.6 is 11.3 Å². The van der Waals surface area contributed by atoms with E-state index in [0.717, 1.165) is 60.5 Å². The molecule has 204 valence electrons. The molecule has 0 spiro atoms. The van der Waals surface area contributed by atoms with Crippen molar-refractivity contribution in [1.82, 2.24) is 25.1 Å². The van der Waals surface area contributed by atoms with Gasteiger partial charge in [0.15, 0.2) is 5.78 Å². The van der Waals surface area contributed by atoms with Gasteiger partial charge in [-0.3, -0.25) is 24.7 Å². The second kappa shape index (κ2) is 10.5. The third kappa shape index (κ3) is 4.86. The van der Waals surface area contributed by atoms with E-state index < -0.39 is 0 Å². The number of H-pyrrole nitrogens is 2. The Kier molecular flexibility index (Phi) is 6.41. The van der Waals surface area contributed by atoms with Crippen LogP contribution in [0.1, 0.15) is 22.2 Å². The number of hydrogen-bond acceptors (Lipinski definition) is 6. The van der Waals surface area contributed by atoms with Crippen LogP contribution in [-0.4, -0.2) is 36.8 Å². The molecule has 0 fully saturated rings. The monoisotopic (exact) mass is 568 g/mol. The number of anilines is 1. The average molecular weight is 569 g/mol. The van der Waals surface area contributed by atoms with Crippen molar-refractivity contribution in [3.05, 3.63) is 108 Å². The van der Waals surface area contributed by atoms with E-state index in [4.69, 9.17) is 0 Å². The number of hydrogen-bond donors (Lipinski definition) is 3. The number of nitrogens with one attached hydrogen (secondary N) is 3.